The molecule has 18 heavy (non-hydrogen) atoms. The highest BCUT2D eigenvalue weighted by Crippen LogP contribution is 2.38. The van der Waals surface area contributed by atoms with Crippen molar-refractivity contribution in [2.24, 2.45) is 5.92 Å². The van der Waals surface area contributed by atoms with E-state index in [-0.39, 0.29) is 0 Å². The van der Waals surface area contributed by atoms with Crippen LogP contribution in [0, 0.1) is 5.92 Å². The number of aryl methyl sites for hydroxylation is 1. The number of alkyl halides is 1. The minimum atomic E-state index is 0.677. The molecule has 2 saturated carbocycles. The predicted octanol–water partition coefficient (Wildman–Crippen LogP) is 4.49. The van der Waals surface area contributed by atoms with Crippen LogP contribution in [-0.4, -0.2) is 14.6 Å². The summed E-state index contributed by atoms with van der Waals surface area (Å²) in [4.78, 5) is 0.720. The SMILES string of the molecule is BrC(CCc1ccn(C2CCCCC2)n1)C1CC1. The molecule has 2 aliphatic rings. The molecule has 1 heterocycles. The summed E-state index contributed by atoms with van der Waals surface area (Å²) in [5, 5.41) is 4.78. The normalized spacial score (nSPS) is 23.2. The highest BCUT2D eigenvalue weighted by atomic mass is 79.9. The van der Waals surface area contributed by atoms with E-state index in [9.17, 15) is 0 Å². The molecule has 1 unspecified atom stereocenters. The highest BCUT2D eigenvalue weighted by Gasteiger charge is 2.28. The quantitative estimate of drug-likeness (QED) is 0.732. The van der Waals surface area contributed by atoms with E-state index in [0.29, 0.717) is 6.04 Å². The van der Waals surface area contributed by atoms with Gasteiger partial charge in [-0.3, -0.25) is 4.68 Å². The predicted molar refractivity (Wildman–Crippen MR) is 78.1 cm³/mol. The Kier molecular flexibility index (Phi) is 4.07. The van der Waals surface area contributed by atoms with E-state index in [2.05, 4.69) is 32.9 Å². The second-order valence-corrected chi connectivity index (χ2v) is 7.15. The maximum Gasteiger partial charge on any atom is 0.0625 e. The van der Waals surface area contributed by atoms with E-state index in [1.54, 1.807) is 0 Å². The van der Waals surface area contributed by atoms with Gasteiger partial charge in [0.1, 0.15) is 0 Å². The van der Waals surface area contributed by atoms with E-state index in [1.165, 1.54) is 57.1 Å². The first kappa shape index (κ1) is 12.7. The lowest BCUT2D eigenvalue weighted by Crippen LogP contribution is -2.13. The minimum absolute atomic E-state index is 0.677. The zero-order valence-corrected chi connectivity index (χ0v) is 12.6. The zero-order chi connectivity index (χ0) is 12.4. The number of aromatic nitrogens is 2. The van der Waals surface area contributed by atoms with Gasteiger partial charge in [-0.1, -0.05) is 35.2 Å². The molecule has 1 aromatic rings. The maximum atomic E-state index is 4.78. The molecule has 3 rings (SSSR count). The summed E-state index contributed by atoms with van der Waals surface area (Å²) in [6.45, 7) is 0. The standard InChI is InChI=1S/C15H23BrN2/c16-15(12-6-7-12)9-8-13-10-11-18(17-13)14-4-2-1-3-5-14/h10-12,14-15H,1-9H2. The summed E-state index contributed by atoms with van der Waals surface area (Å²) in [6, 6.07) is 2.90. The molecular weight excluding hydrogens is 288 g/mol. The molecule has 0 spiro atoms. The van der Waals surface area contributed by atoms with Crippen molar-refractivity contribution >= 4 is 15.9 Å². The number of hydrogen-bond donors (Lipinski definition) is 0. The molecule has 2 aliphatic carbocycles. The van der Waals surface area contributed by atoms with Gasteiger partial charge < -0.3 is 0 Å². The van der Waals surface area contributed by atoms with Gasteiger partial charge in [0.05, 0.1) is 11.7 Å². The Morgan fingerprint density at radius 1 is 1.22 bits per heavy atom. The van der Waals surface area contributed by atoms with Crippen LogP contribution in [0.15, 0.2) is 12.3 Å². The fourth-order valence-corrected chi connectivity index (χ4v) is 3.80. The first-order valence-corrected chi connectivity index (χ1v) is 8.42. The van der Waals surface area contributed by atoms with Gasteiger partial charge in [0.15, 0.2) is 0 Å². The average molecular weight is 311 g/mol. The third-order valence-electron chi connectivity index (χ3n) is 4.42. The molecule has 2 fully saturated rings. The van der Waals surface area contributed by atoms with Crippen LogP contribution < -0.4 is 0 Å². The molecule has 100 valence electrons. The summed E-state index contributed by atoms with van der Waals surface area (Å²) in [6.07, 6.45) is 14.2. The van der Waals surface area contributed by atoms with Gasteiger partial charge in [0, 0.05) is 11.0 Å². The van der Waals surface area contributed by atoms with E-state index < -0.39 is 0 Å². The number of hydrogen-bond acceptors (Lipinski definition) is 1. The summed E-state index contributed by atoms with van der Waals surface area (Å²) in [5.41, 5.74) is 1.28. The van der Waals surface area contributed by atoms with Crippen molar-refractivity contribution in [2.75, 3.05) is 0 Å². The molecule has 0 aliphatic heterocycles. The molecule has 0 bridgehead atoms. The monoisotopic (exact) mass is 310 g/mol. The van der Waals surface area contributed by atoms with Crippen LogP contribution in [0.4, 0.5) is 0 Å². The Hall–Kier alpha value is -0.310. The van der Waals surface area contributed by atoms with Gasteiger partial charge >= 0.3 is 0 Å². The lowest BCUT2D eigenvalue weighted by molar-refractivity contribution is 0.328. The van der Waals surface area contributed by atoms with E-state index in [1.807, 2.05) is 0 Å². The molecular formula is C15H23BrN2. The third-order valence-corrected chi connectivity index (χ3v) is 5.63. The summed E-state index contributed by atoms with van der Waals surface area (Å²) >= 11 is 3.81. The molecule has 0 saturated heterocycles. The molecule has 1 atom stereocenters. The van der Waals surface area contributed by atoms with Crippen LogP contribution in [0.1, 0.15) is 63.1 Å². The summed E-state index contributed by atoms with van der Waals surface area (Å²) < 4.78 is 2.23. The van der Waals surface area contributed by atoms with Crippen molar-refractivity contribution in [3.05, 3.63) is 18.0 Å². The number of halogens is 1. The van der Waals surface area contributed by atoms with Crippen LogP contribution in [0.3, 0.4) is 0 Å². The lowest BCUT2D eigenvalue weighted by Gasteiger charge is -2.21. The average Bonchev–Trinajstić information content (AvgIpc) is 3.16. The third kappa shape index (κ3) is 3.17. The largest absolute Gasteiger partial charge is 0.269 e. The Bertz CT molecular complexity index is 378. The van der Waals surface area contributed by atoms with Gasteiger partial charge in [0.25, 0.3) is 0 Å². The number of nitrogens with zero attached hydrogens (tertiary/aromatic N) is 2. The van der Waals surface area contributed by atoms with Gasteiger partial charge in [-0.2, -0.15) is 5.10 Å². The fraction of sp³-hybridized carbons (Fsp3) is 0.800. The van der Waals surface area contributed by atoms with Crippen molar-refractivity contribution in [1.82, 2.24) is 9.78 Å². The summed E-state index contributed by atoms with van der Waals surface area (Å²) in [5.74, 6) is 0.949. The van der Waals surface area contributed by atoms with Gasteiger partial charge in [0.2, 0.25) is 0 Å². The van der Waals surface area contributed by atoms with Crippen molar-refractivity contribution < 1.29 is 0 Å². The molecule has 2 nitrogen and oxygen atoms in total. The van der Waals surface area contributed by atoms with Crippen LogP contribution in [0.25, 0.3) is 0 Å². The zero-order valence-electron chi connectivity index (χ0n) is 11.0. The molecule has 0 aromatic carbocycles. The van der Waals surface area contributed by atoms with Crippen molar-refractivity contribution in [1.29, 1.82) is 0 Å². The van der Waals surface area contributed by atoms with Crippen LogP contribution in [-0.2, 0) is 6.42 Å². The molecule has 0 N–H and O–H groups in total. The second-order valence-electron chi connectivity index (χ2n) is 5.97. The smallest absolute Gasteiger partial charge is 0.0625 e. The topological polar surface area (TPSA) is 17.8 Å². The maximum absolute atomic E-state index is 4.78. The Morgan fingerprint density at radius 3 is 2.72 bits per heavy atom. The number of rotatable bonds is 5. The van der Waals surface area contributed by atoms with Gasteiger partial charge in [-0.25, -0.2) is 0 Å². The van der Waals surface area contributed by atoms with Crippen molar-refractivity contribution in [2.45, 2.75) is 68.7 Å². The van der Waals surface area contributed by atoms with Gasteiger partial charge in [-0.15, -0.1) is 0 Å². The fourth-order valence-electron chi connectivity index (χ4n) is 3.04. The lowest BCUT2D eigenvalue weighted by atomic mass is 9.96. The molecule has 1 aromatic heterocycles. The van der Waals surface area contributed by atoms with E-state index in [0.717, 1.165) is 17.2 Å². The Balaban J connectivity index is 1.52. The summed E-state index contributed by atoms with van der Waals surface area (Å²) in [7, 11) is 0. The highest BCUT2D eigenvalue weighted by molar-refractivity contribution is 9.09. The first-order chi connectivity index (χ1) is 8.83. The molecule has 3 heteroatoms. The van der Waals surface area contributed by atoms with Gasteiger partial charge in [-0.05, 0) is 50.5 Å². The Morgan fingerprint density at radius 2 is 2.00 bits per heavy atom. The van der Waals surface area contributed by atoms with E-state index in [4.69, 9.17) is 5.10 Å². The van der Waals surface area contributed by atoms with Crippen LogP contribution in [0.5, 0.6) is 0 Å². The molecule has 0 radical (unpaired) electrons. The van der Waals surface area contributed by atoms with Crippen molar-refractivity contribution in [3.8, 4) is 0 Å². The van der Waals surface area contributed by atoms with Crippen LogP contribution >= 0.6 is 15.9 Å². The first-order valence-electron chi connectivity index (χ1n) is 7.51. The molecule has 0 amide bonds. The second kappa shape index (κ2) is 5.77. The van der Waals surface area contributed by atoms with Crippen LogP contribution in [0.2, 0.25) is 0 Å². The minimum Gasteiger partial charge on any atom is -0.269 e. The van der Waals surface area contributed by atoms with Crippen molar-refractivity contribution in [3.63, 3.8) is 0 Å². The Labute approximate surface area is 118 Å². The van der Waals surface area contributed by atoms with E-state index >= 15 is 0 Å².